The number of methoxy groups -OCH3 is 1. The van der Waals surface area contributed by atoms with Crippen LogP contribution in [0.1, 0.15) is 38.3 Å². The number of ether oxygens (including phenoxy) is 1. The lowest BCUT2D eigenvalue weighted by Gasteiger charge is -2.24. The number of nitrogens with one attached hydrogen (secondary N) is 1. The minimum absolute atomic E-state index is 0.177. The predicted octanol–water partition coefficient (Wildman–Crippen LogP) is 2.86. The third-order valence-electron chi connectivity index (χ3n) is 3.02. The quantitative estimate of drug-likeness (QED) is 0.766. The van der Waals surface area contributed by atoms with E-state index in [0.717, 1.165) is 18.4 Å². The van der Waals surface area contributed by atoms with Gasteiger partial charge >= 0.3 is 0 Å². The number of phenolic OH excluding ortho intramolecular Hbond substituents is 1. The minimum Gasteiger partial charge on any atom is -0.508 e. The highest BCUT2D eigenvalue weighted by atomic mass is 16.5. The van der Waals surface area contributed by atoms with Gasteiger partial charge in [-0.05, 0) is 18.9 Å². The van der Waals surface area contributed by atoms with Crippen LogP contribution in [0.15, 0.2) is 24.3 Å². The first-order chi connectivity index (χ1) is 8.22. The molecular formula is C14H23NO2. The molecule has 0 aliphatic heterocycles. The first kappa shape index (κ1) is 14.0. The highest BCUT2D eigenvalue weighted by Gasteiger charge is 2.16. The summed E-state index contributed by atoms with van der Waals surface area (Å²) in [6.07, 6.45) is 1.95. The third-order valence-corrected chi connectivity index (χ3v) is 3.02. The van der Waals surface area contributed by atoms with Crippen LogP contribution in [-0.2, 0) is 4.74 Å². The van der Waals surface area contributed by atoms with Crippen molar-refractivity contribution >= 4 is 0 Å². The van der Waals surface area contributed by atoms with Gasteiger partial charge in [0.05, 0.1) is 6.61 Å². The van der Waals surface area contributed by atoms with Crippen LogP contribution < -0.4 is 5.32 Å². The first-order valence-electron chi connectivity index (χ1n) is 6.25. The first-order valence-corrected chi connectivity index (χ1v) is 6.25. The zero-order valence-corrected chi connectivity index (χ0v) is 10.9. The normalized spacial score (nSPS) is 14.5. The standard InChI is InChI=1S/C14H23NO2/c1-4-11(10-17-3)15-13(5-2)12-8-6-7-9-14(12)16/h6-9,11,13,15-16H,4-5,10H2,1-3H3. The summed E-state index contributed by atoms with van der Waals surface area (Å²) in [5, 5.41) is 13.4. The molecule has 1 rings (SSSR count). The second-order valence-corrected chi connectivity index (χ2v) is 4.25. The fourth-order valence-corrected chi connectivity index (χ4v) is 1.98. The van der Waals surface area contributed by atoms with Crippen molar-refractivity contribution in [3.8, 4) is 5.75 Å². The van der Waals surface area contributed by atoms with E-state index in [9.17, 15) is 5.11 Å². The molecular weight excluding hydrogens is 214 g/mol. The van der Waals surface area contributed by atoms with Crippen LogP contribution in [0.25, 0.3) is 0 Å². The van der Waals surface area contributed by atoms with Crippen molar-refractivity contribution in [2.45, 2.75) is 38.8 Å². The molecule has 2 atom stereocenters. The van der Waals surface area contributed by atoms with E-state index in [1.807, 2.05) is 18.2 Å². The fraction of sp³-hybridized carbons (Fsp3) is 0.571. The van der Waals surface area contributed by atoms with Crippen LogP contribution in [0, 0.1) is 0 Å². The van der Waals surface area contributed by atoms with Gasteiger partial charge in [0.2, 0.25) is 0 Å². The van der Waals surface area contributed by atoms with Gasteiger partial charge in [-0.2, -0.15) is 0 Å². The van der Waals surface area contributed by atoms with Crippen molar-refractivity contribution in [3.63, 3.8) is 0 Å². The number of para-hydroxylation sites is 1. The maximum Gasteiger partial charge on any atom is 0.120 e. The van der Waals surface area contributed by atoms with Crippen molar-refractivity contribution in [2.24, 2.45) is 0 Å². The van der Waals surface area contributed by atoms with Crippen LogP contribution in [-0.4, -0.2) is 24.9 Å². The van der Waals surface area contributed by atoms with Crippen LogP contribution >= 0.6 is 0 Å². The monoisotopic (exact) mass is 237 g/mol. The Labute approximate surface area is 104 Å². The van der Waals surface area contributed by atoms with Gasteiger partial charge in [0.1, 0.15) is 5.75 Å². The molecule has 0 amide bonds. The SMILES string of the molecule is CCC(COC)NC(CC)c1ccccc1O. The van der Waals surface area contributed by atoms with Crippen molar-refractivity contribution < 1.29 is 9.84 Å². The summed E-state index contributed by atoms with van der Waals surface area (Å²) < 4.78 is 5.18. The van der Waals surface area contributed by atoms with Crippen LogP contribution in [0.2, 0.25) is 0 Å². The lowest BCUT2D eigenvalue weighted by atomic mass is 10.0. The molecule has 0 aliphatic carbocycles. The number of hydrogen-bond acceptors (Lipinski definition) is 3. The van der Waals surface area contributed by atoms with Gasteiger partial charge in [-0.25, -0.2) is 0 Å². The molecule has 96 valence electrons. The molecule has 2 N–H and O–H groups in total. The van der Waals surface area contributed by atoms with E-state index in [2.05, 4.69) is 19.2 Å². The van der Waals surface area contributed by atoms with Crippen LogP contribution in [0.4, 0.5) is 0 Å². The molecule has 17 heavy (non-hydrogen) atoms. The molecule has 1 aromatic rings. The molecule has 0 heterocycles. The molecule has 3 nitrogen and oxygen atoms in total. The summed E-state index contributed by atoms with van der Waals surface area (Å²) in [5.74, 6) is 0.360. The lowest BCUT2D eigenvalue weighted by Crippen LogP contribution is -2.35. The second-order valence-electron chi connectivity index (χ2n) is 4.25. The minimum atomic E-state index is 0.177. The van der Waals surface area contributed by atoms with Crippen molar-refractivity contribution in [1.82, 2.24) is 5.32 Å². The molecule has 2 unspecified atom stereocenters. The third kappa shape index (κ3) is 4.02. The molecule has 0 saturated heterocycles. The van der Waals surface area contributed by atoms with E-state index in [1.165, 1.54) is 0 Å². The molecule has 0 aromatic heterocycles. The average Bonchev–Trinajstić information content (AvgIpc) is 2.35. The Morgan fingerprint density at radius 1 is 1.24 bits per heavy atom. The van der Waals surface area contributed by atoms with Gasteiger partial charge in [0.25, 0.3) is 0 Å². The Morgan fingerprint density at radius 3 is 2.47 bits per heavy atom. The zero-order chi connectivity index (χ0) is 12.7. The molecule has 0 bridgehead atoms. The van der Waals surface area contributed by atoms with Gasteiger partial charge in [0, 0.05) is 24.8 Å². The highest BCUT2D eigenvalue weighted by Crippen LogP contribution is 2.26. The number of benzene rings is 1. The molecule has 0 saturated carbocycles. The number of aromatic hydroxyl groups is 1. The van der Waals surface area contributed by atoms with E-state index >= 15 is 0 Å². The van der Waals surface area contributed by atoms with Gasteiger partial charge in [0.15, 0.2) is 0 Å². The topological polar surface area (TPSA) is 41.5 Å². The Morgan fingerprint density at radius 2 is 1.94 bits per heavy atom. The van der Waals surface area contributed by atoms with E-state index < -0.39 is 0 Å². The molecule has 0 spiro atoms. The summed E-state index contributed by atoms with van der Waals surface area (Å²) in [6, 6.07) is 8.00. The molecule has 3 heteroatoms. The molecule has 0 radical (unpaired) electrons. The Balaban J connectivity index is 2.74. The average molecular weight is 237 g/mol. The zero-order valence-electron chi connectivity index (χ0n) is 10.9. The fourth-order valence-electron chi connectivity index (χ4n) is 1.98. The summed E-state index contributed by atoms with van der Waals surface area (Å²) in [4.78, 5) is 0. The van der Waals surface area contributed by atoms with Gasteiger partial charge < -0.3 is 15.2 Å². The van der Waals surface area contributed by atoms with Crippen molar-refractivity contribution in [3.05, 3.63) is 29.8 Å². The maximum absolute atomic E-state index is 9.86. The van der Waals surface area contributed by atoms with E-state index in [-0.39, 0.29) is 6.04 Å². The summed E-state index contributed by atoms with van der Waals surface area (Å²) in [7, 11) is 1.71. The van der Waals surface area contributed by atoms with E-state index in [1.54, 1.807) is 13.2 Å². The van der Waals surface area contributed by atoms with Crippen molar-refractivity contribution in [2.75, 3.05) is 13.7 Å². The van der Waals surface area contributed by atoms with Gasteiger partial charge in [-0.3, -0.25) is 0 Å². The Bertz CT molecular complexity index is 328. The Hall–Kier alpha value is -1.06. The lowest BCUT2D eigenvalue weighted by molar-refractivity contribution is 0.157. The van der Waals surface area contributed by atoms with E-state index in [0.29, 0.717) is 18.4 Å². The predicted molar refractivity (Wildman–Crippen MR) is 70.2 cm³/mol. The van der Waals surface area contributed by atoms with Gasteiger partial charge in [-0.15, -0.1) is 0 Å². The van der Waals surface area contributed by atoms with Crippen LogP contribution in [0.3, 0.4) is 0 Å². The molecule has 1 aromatic carbocycles. The molecule has 0 aliphatic rings. The largest absolute Gasteiger partial charge is 0.508 e. The summed E-state index contributed by atoms with van der Waals surface area (Å²) in [5.41, 5.74) is 0.963. The maximum atomic E-state index is 9.86. The molecule has 0 fully saturated rings. The van der Waals surface area contributed by atoms with Crippen LogP contribution in [0.5, 0.6) is 5.75 Å². The summed E-state index contributed by atoms with van der Waals surface area (Å²) >= 11 is 0. The number of hydrogen-bond donors (Lipinski definition) is 2. The van der Waals surface area contributed by atoms with Gasteiger partial charge in [-0.1, -0.05) is 32.0 Å². The summed E-state index contributed by atoms with van der Waals surface area (Å²) in [6.45, 7) is 4.94. The van der Waals surface area contributed by atoms with E-state index in [4.69, 9.17) is 4.74 Å². The highest BCUT2D eigenvalue weighted by molar-refractivity contribution is 5.34. The van der Waals surface area contributed by atoms with Crippen molar-refractivity contribution in [1.29, 1.82) is 0 Å². The number of rotatable bonds is 7. The Kier molecular flexibility index (Phi) is 6.01. The number of phenols is 1. The smallest absolute Gasteiger partial charge is 0.120 e. The second kappa shape index (κ2) is 7.30.